The predicted molar refractivity (Wildman–Crippen MR) is 74.0 cm³/mol. The van der Waals surface area contributed by atoms with Crippen molar-refractivity contribution in [1.82, 2.24) is 15.1 Å². The summed E-state index contributed by atoms with van der Waals surface area (Å²) in [5.74, 6) is 0.356. The number of phenolic OH excluding ortho intramolecular Hbond substituents is 2. The average Bonchev–Trinajstić information content (AvgIpc) is 2.88. The standard InChI is InChI=1S/C13H8BrN3O3/c14-8-1-2-11(15-6-8)12-16-13(20-17-12)7-3-9(18)5-10(19)4-7/h1-6,18-19H. The number of rotatable bonds is 2. The Hall–Kier alpha value is -2.41. The highest BCUT2D eigenvalue weighted by Crippen LogP contribution is 2.28. The second-order valence-electron chi connectivity index (χ2n) is 4.02. The molecule has 1 aromatic carbocycles. The first-order valence-corrected chi connectivity index (χ1v) is 6.40. The molecular formula is C13H8BrN3O3. The fourth-order valence-electron chi connectivity index (χ4n) is 1.67. The lowest BCUT2D eigenvalue weighted by Gasteiger charge is -1.97. The van der Waals surface area contributed by atoms with E-state index in [1.807, 2.05) is 6.07 Å². The SMILES string of the molecule is Oc1cc(O)cc(-c2nc(-c3ccc(Br)cn3)no2)c1. The van der Waals surface area contributed by atoms with Crippen LogP contribution in [0.25, 0.3) is 23.0 Å². The van der Waals surface area contributed by atoms with Crippen molar-refractivity contribution in [3.05, 3.63) is 41.0 Å². The third kappa shape index (κ3) is 2.48. The lowest BCUT2D eigenvalue weighted by molar-refractivity contribution is 0.428. The minimum atomic E-state index is -0.0819. The van der Waals surface area contributed by atoms with Crippen LogP contribution in [0.3, 0.4) is 0 Å². The molecule has 0 spiro atoms. The molecule has 100 valence electrons. The Morgan fingerprint density at radius 2 is 1.80 bits per heavy atom. The molecule has 0 bridgehead atoms. The smallest absolute Gasteiger partial charge is 0.258 e. The van der Waals surface area contributed by atoms with Crippen LogP contribution < -0.4 is 0 Å². The molecule has 20 heavy (non-hydrogen) atoms. The van der Waals surface area contributed by atoms with E-state index in [0.717, 1.165) is 4.47 Å². The summed E-state index contributed by atoms with van der Waals surface area (Å²) in [4.78, 5) is 8.34. The second-order valence-corrected chi connectivity index (χ2v) is 4.94. The van der Waals surface area contributed by atoms with Gasteiger partial charge in [-0.1, -0.05) is 5.16 Å². The predicted octanol–water partition coefficient (Wildman–Crippen LogP) is 2.97. The highest BCUT2D eigenvalue weighted by molar-refractivity contribution is 9.10. The average molecular weight is 334 g/mol. The fourth-order valence-corrected chi connectivity index (χ4v) is 1.91. The van der Waals surface area contributed by atoms with Gasteiger partial charge < -0.3 is 14.7 Å². The fraction of sp³-hybridized carbons (Fsp3) is 0. The van der Waals surface area contributed by atoms with Gasteiger partial charge in [-0.15, -0.1) is 0 Å². The van der Waals surface area contributed by atoms with Crippen molar-refractivity contribution < 1.29 is 14.7 Å². The van der Waals surface area contributed by atoms with Gasteiger partial charge in [0.2, 0.25) is 5.82 Å². The van der Waals surface area contributed by atoms with E-state index in [0.29, 0.717) is 17.1 Å². The van der Waals surface area contributed by atoms with E-state index >= 15 is 0 Å². The highest BCUT2D eigenvalue weighted by Gasteiger charge is 2.13. The summed E-state index contributed by atoms with van der Waals surface area (Å²) in [7, 11) is 0. The van der Waals surface area contributed by atoms with Crippen molar-refractivity contribution in [1.29, 1.82) is 0 Å². The van der Waals surface area contributed by atoms with Crippen LogP contribution in [0.2, 0.25) is 0 Å². The Bertz CT molecular complexity index is 736. The molecule has 2 N–H and O–H groups in total. The first-order valence-electron chi connectivity index (χ1n) is 5.61. The monoisotopic (exact) mass is 333 g/mol. The molecule has 6 nitrogen and oxygen atoms in total. The molecule has 0 saturated heterocycles. The Morgan fingerprint density at radius 3 is 2.45 bits per heavy atom. The molecule has 0 aliphatic rings. The van der Waals surface area contributed by atoms with E-state index in [9.17, 15) is 10.2 Å². The van der Waals surface area contributed by atoms with Crippen molar-refractivity contribution in [3.8, 4) is 34.5 Å². The largest absolute Gasteiger partial charge is 0.508 e. The molecule has 3 aromatic rings. The Kier molecular flexibility index (Phi) is 3.11. The summed E-state index contributed by atoms with van der Waals surface area (Å²) >= 11 is 3.29. The first kappa shape index (κ1) is 12.6. The van der Waals surface area contributed by atoms with Crippen LogP contribution in [0.4, 0.5) is 0 Å². The van der Waals surface area contributed by atoms with E-state index in [2.05, 4.69) is 31.1 Å². The summed E-state index contributed by atoms with van der Waals surface area (Å²) < 4.78 is 5.96. The maximum atomic E-state index is 9.44. The van der Waals surface area contributed by atoms with E-state index in [1.54, 1.807) is 12.3 Å². The normalized spacial score (nSPS) is 10.7. The van der Waals surface area contributed by atoms with Gasteiger partial charge in [0.25, 0.3) is 5.89 Å². The number of hydrogen-bond donors (Lipinski definition) is 2. The zero-order valence-electron chi connectivity index (χ0n) is 9.99. The topological polar surface area (TPSA) is 92.3 Å². The first-order chi connectivity index (χ1) is 9.61. The summed E-state index contributed by atoms with van der Waals surface area (Å²) in [6, 6.07) is 7.63. The quantitative estimate of drug-likeness (QED) is 0.748. The van der Waals surface area contributed by atoms with Crippen LogP contribution >= 0.6 is 15.9 Å². The van der Waals surface area contributed by atoms with Gasteiger partial charge in [0.1, 0.15) is 17.2 Å². The number of hydrogen-bond acceptors (Lipinski definition) is 6. The Labute approximate surface area is 121 Å². The molecule has 0 atom stereocenters. The van der Waals surface area contributed by atoms with Gasteiger partial charge in [-0.05, 0) is 40.2 Å². The van der Waals surface area contributed by atoms with Crippen molar-refractivity contribution in [3.63, 3.8) is 0 Å². The summed E-state index contributed by atoms with van der Waals surface area (Å²) in [5.41, 5.74) is 0.992. The number of pyridine rings is 1. The van der Waals surface area contributed by atoms with Gasteiger partial charge in [-0.2, -0.15) is 4.98 Å². The molecule has 2 heterocycles. The molecule has 7 heteroatoms. The van der Waals surface area contributed by atoms with Crippen LogP contribution in [-0.4, -0.2) is 25.3 Å². The molecule has 3 rings (SSSR count). The van der Waals surface area contributed by atoms with Crippen LogP contribution in [0.1, 0.15) is 0 Å². The van der Waals surface area contributed by atoms with Gasteiger partial charge in [0.15, 0.2) is 0 Å². The molecule has 2 aromatic heterocycles. The van der Waals surface area contributed by atoms with Crippen molar-refractivity contribution >= 4 is 15.9 Å². The minimum Gasteiger partial charge on any atom is -0.508 e. The number of halogens is 1. The molecule has 0 radical (unpaired) electrons. The van der Waals surface area contributed by atoms with E-state index in [1.165, 1.54) is 18.2 Å². The van der Waals surface area contributed by atoms with E-state index in [4.69, 9.17) is 4.52 Å². The molecule has 0 aliphatic carbocycles. The van der Waals surface area contributed by atoms with Crippen LogP contribution in [0.15, 0.2) is 45.5 Å². The van der Waals surface area contributed by atoms with E-state index < -0.39 is 0 Å². The van der Waals surface area contributed by atoms with Gasteiger partial charge >= 0.3 is 0 Å². The van der Waals surface area contributed by atoms with Gasteiger partial charge in [-0.25, -0.2) is 0 Å². The maximum Gasteiger partial charge on any atom is 0.258 e. The Balaban J connectivity index is 1.99. The van der Waals surface area contributed by atoms with Gasteiger partial charge in [-0.3, -0.25) is 4.98 Å². The van der Waals surface area contributed by atoms with Crippen molar-refractivity contribution in [2.24, 2.45) is 0 Å². The Morgan fingerprint density at radius 1 is 1.05 bits per heavy atom. The van der Waals surface area contributed by atoms with Crippen molar-refractivity contribution in [2.45, 2.75) is 0 Å². The number of nitrogens with zero attached hydrogens (tertiary/aromatic N) is 3. The number of phenols is 2. The summed E-state index contributed by atoms with van der Waals surface area (Å²) in [6.07, 6.45) is 1.63. The lowest BCUT2D eigenvalue weighted by Crippen LogP contribution is -1.85. The van der Waals surface area contributed by atoms with Gasteiger partial charge in [0.05, 0.1) is 0 Å². The number of benzene rings is 1. The van der Waals surface area contributed by atoms with Crippen LogP contribution in [0.5, 0.6) is 11.5 Å². The maximum absolute atomic E-state index is 9.44. The zero-order chi connectivity index (χ0) is 14.1. The third-order valence-corrected chi connectivity index (χ3v) is 3.00. The van der Waals surface area contributed by atoms with Crippen LogP contribution in [-0.2, 0) is 0 Å². The number of aromatic hydroxyl groups is 2. The minimum absolute atomic E-state index is 0.0819. The number of aromatic nitrogens is 3. The molecular weight excluding hydrogens is 326 g/mol. The summed E-state index contributed by atoms with van der Waals surface area (Å²) in [6.45, 7) is 0. The molecule has 0 aliphatic heterocycles. The highest BCUT2D eigenvalue weighted by atomic mass is 79.9. The third-order valence-electron chi connectivity index (χ3n) is 2.53. The molecule has 0 amide bonds. The molecule has 0 unspecified atom stereocenters. The lowest BCUT2D eigenvalue weighted by atomic mass is 10.2. The second kappa shape index (κ2) is 4.93. The van der Waals surface area contributed by atoms with Crippen molar-refractivity contribution in [2.75, 3.05) is 0 Å². The molecule has 0 fully saturated rings. The zero-order valence-corrected chi connectivity index (χ0v) is 11.6. The summed E-state index contributed by atoms with van der Waals surface area (Å²) in [5, 5.41) is 22.7. The molecule has 0 saturated carbocycles. The van der Waals surface area contributed by atoms with Gasteiger partial charge in [0, 0.05) is 22.3 Å². The van der Waals surface area contributed by atoms with E-state index in [-0.39, 0.29) is 17.4 Å². The van der Waals surface area contributed by atoms with Crippen LogP contribution in [0, 0.1) is 0 Å².